The molecule has 5 heteroatoms. The summed E-state index contributed by atoms with van der Waals surface area (Å²) in [4.78, 5) is 13.0. The van der Waals surface area contributed by atoms with Crippen LogP contribution in [-0.2, 0) is 9.53 Å². The zero-order chi connectivity index (χ0) is 12.7. The van der Waals surface area contributed by atoms with E-state index in [0.29, 0.717) is 12.3 Å². The van der Waals surface area contributed by atoms with Gasteiger partial charge in [-0.05, 0) is 24.3 Å². The first-order chi connectivity index (χ1) is 8.17. The Bertz CT molecular complexity index is 351. The van der Waals surface area contributed by atoms with E-state index in [1.807, 2.05) is 19.2 Å². The van der Waals surface area contributed by atoms with Crippen molar-refractivity contribution in [2.24, 2.45) is 0 Å². The molecule has 1 aromatic rings. The van der Waals surface area contributed by atoms with Crippen molar-refractivity contribution in [3.63, 3.8) is 0 Å². The molecule has 0 atom stereocenters. The van der Waals surface area contributed by atoms with E-state index < -0.39 is 12.5 Å². The van der Waals surface area contributed by atoms with Crippen molar-refractivity contribution in [1.82, 2.24) is 0 Å². The summed E-state index contributed by atoms with van der Waals surface area (Å²) in [5, 5.41) is 11.2. The molecule has 0 fully saturated rings. The molecule has 0 radical (unpaired) electrons. The Labute approximate surface area is 101 Å². The van der Waals surface area contributed by atoms with Crippen molar-refractivity contribution in [1.29, 1.82) is 0 Å². The third-order valence-corrected chi connectivity index (χ3v) is 2.37. The van der Waals surface area contributed by atoms with Crippen LogP contribution in [0.4, 0.5) is 11.4 Å². The fourth-order valence-electron chi connectivity index (χ4n) is 1.36. The van der Waals surface area contributed by atoms with Gasteiger partial charge in [0, 0.05) is 32.1 Å². The van der Waals surface area contributed by atoms with E-state index >= 15 is 0 Å². The molecule has 1 amide bonds. The van der Waals surface area contributed by atoms with Crippen LogP contribution in [0.1, 0.15) is 0 Å². The van der Waals surface area contributed by atoms with Crippen molar-refractivity contribution in [2.45, 2.75) is 0 Å². The lowest BCUT2D eigenvalue weighted by atomic mass is 10.2. The molecule has 94 valence electrons. The van der Waals surface area contributed by atoms with Crippen LogP contribution >= 0.6 is 0 Å². The van der Waals surface area contributed by atoms with Gasteiger partial charge < -0.3 is 20.1 Å². The number of carbonyl (C=O) groups is 1. The Kier molecular flexibility index (Phi) is 5.45. The molecule has 0 aromatic heterocycles. The zero-order valence-electron chi connectivity index (χ0n) is 10.1. The van der Waals surface area contributed by atoms with Crippen LogP contribution in [0, 0.1) is 0 Å². The number of aliphatic hydroxyl groups is 1. The summed E-state index contributed by atoms with van der Waals surface area (Å²) in [6.07, 6.45) is 0. The van der Waals surface area contributed by atoms with Crippen LogP contribution in [0.5, 0.6) is 0 Å². The second-order valence-corrected chi connectivity index (χ2v) is 3.67. The van der Waals surface area contributed by atoms with E-state index in [0.717, 1.165) is 12.2 Å². The van der Waals surface area contributed by atoms with Crippen LogP contribution in [0.25, 0.3) is 0 Å². The molecule has 0 bridgehead atoms. The summed E-state index contributed by atoms with van der Waals surface area (Å²) in [6, 6.07) is 7.41. The van der Waals surface area contributed by atoms with Crippen molar-refractivity contribution in [3.05, 3.63) is 24.3 Å². The lowest BCUT2D eigenvalue weighted by molar-refractivity contribution is -0.118. The van der Waals surface area contributed by atoms with E-state index in [1.165, 1.54) is 0 Å². The highest BCUT2D eigenvalue weighted by Gasteiger charge is 2.02. The molecule has 17 heavy (non-hydrogen) atoms. The van der Waals surface area contributed by atoms with Gasteiger partial charge in [0.05, 0.1) is 6.61 Å². The SMILES string of the molecule is COCCN(C)c1ccc(NC(=O)CO)cc1. The van der Waals surface area contributed by atoms with Gasteiger partial charge >= 0.3 is 0 Å². The highest BCUT2D eigenvalue weighted by Crippen LogP contribution is 2.16. The number of hydrogen-bond acceptors (Lipinski definition) is 4. The van der Waals surface area contributed by atoms with Crippen molar-refractivity contribution in [3.8, 4) is 0 Å². The van der Waals surface area contributed by atoms with Crippen LogP contribution in [0.2, 0.25) is 0 Å². The van der Waals surface area contributed by atoms with E-state index in [-0.39, 0.29) is 0 Å². The largest absolute Gasteiger partial charge is 0.387 e. The maximum absolute atomic E-state index is 11.0. The molecule has 1 aromatic carbocycles. The molecule has 0 heterocycles. The third kappa shape index (κ3) is 4.42. The number of aliphatic hydroxyl groups excluding tert-OH is 1. The molecule has 0 aliphatic rings. The third-order valence-electron chi connectivity index (χ3n) is 2.37. The minimum atomic E-state index is -0.504. The zero-order valence-corrected chi connectivity index (χ0v) is 10.1. The Morgan fingerprint density at radius 3 is 2.59 bits per heavy atom. The Hall–Kier alpha value is -1.59. The van der Waals surface area contributed by atoms with E-state index in [4.69, 9.17) is 9.84 Å². The number of ether oxygens (including phenoxy) is 1. The lowest BCUT2D eigenvalue weighted by Gasteiger charge is -2.19. The van der Waals surface area contributed by atoms with Gasteiger partial charge in [-0.25, -0.2) is 0 Å². The van der Waals surface area contributed by atoms with Gasteiger partial charge in [0.1, 0.15) is 6.61 Å². The van der Waals surface area contributed by atoms with Gasteiger partial charge in [-0.1, -0.05) is 0 Å². The molecule has 5 nitrogen and oxygen atoms in total. The molecule has 1 rings (SSSR count). The minimum Gasteiger partial charge on any atom is -0.387 e. The molecular formula is C12H18N2O3. The summed E-state index contributed by atoms with van der Waals surface area (Å²) < 4.78 is 5.00. The number of methoxy groups -OCH3 is 1. The lowest BCUT2D eigenvalue weighted by Crippen LogP contribution is -2.22. The van der Waals surface area contributed by atoms with Gasteiger partial charge in [-0.15, -0.1) is 0 Å². The first-order valence-electron chi connectivity index (χ1n) is 5.38. The quantitative estimate of drug-likeness (QED) is 0.766. The molecule has 0 aliphatic heterocycles. The first kappa shape index (κ1) is 13.5. The number of rotatable bonds is 6. The van der Waals surface area contributed by atoms with Gasteiger partial charge in [0.2, 0.25) is 5.91 Å². The van der Waals surface area contributed by atoms with Crippen LogP contribution < -0.4 is 10.2 Å². The normalized spacial score (nSPS) is 10.1. The second kappa shape index (κ2) is 6.88. The summed E-state index contributed by atoms with van der Waals surface area (Å²) in [7, 11) is 3.64. The summed E-state index contributed by atoms with van der Waals surface area (Å²) >= 11 is 0. The molecule has 2 N–H and O–H groups in total. The molecule has 0 spiro atoms. The molecule has 0 saturated heterocycles. The smallest absolute Gasteiger partial charge is 0.250 e. The number of amides is 1. The van der Waals surface area contributed by atoms with Crippen molar-refractivity contribution in [2.75, 3.05) is 44.1 Å². The second-order valence-electron chi connectivity index (χ2n) is 3.67. The Morgan fingerprint density at radius 2 is 2.06 bits per heavy atom. The number of benzene rings is 1. The number of carbonyl (C=O) groups excluding carboxylic acids is 1. The minimum absolute atomic E-state index is 0.412. The summed E-state index contributed by atoms with van der Waals surface area (Å²) in [5.41, 5.74) is 1.72. The molecule has 0 aliphatic carbocycles. The predicted octanol–water partition coefficient (Wildman–Crippen LogP) is 0.700. The Balaban J connectivity index is 2.57. The van der Waals surface area contributed by atoms with E-state index in [1.54, 1.807) is 19.2 Å². The van der Waals surface area contributed by atoms with Crippen molar-refractivity contribution < 1.29 is 14.6 Å². The van der Waals surface area contributed by atoms with E-state index in [2.05, 4.69) is 10.2 Å². The van der Waals surface area contributed by atoms with Crippen LogP contribution in [0.15, 0.2) is 24.3 Å². The molecular weight excluding hydrogens is 220 g/mol. The molecule has 0 saturated carbocycles. The summed E-state index contributed by atoms with van der Waals surface area (Å²) in [6.45, 7) is 0.966. The first-order valence-corrected chi connectivity index (χ1v) is 5.38. The maximum Gasteiger partial charge on any atom is 0.250 e. The number of likely N-dealkylation sites (N-methyl/N-ethyl adjacent to an activating group) is 1. The average molecular weight is 238 g/mol. The van der Waals surface area contributed by atoms with Gasteiger partial charge in [0.25, 0.3) is 0 Å². The van der Waals surface area contributed by atoms with Gasteiger partial charge in [0.15, 0.2) is 0 Å². The number of nitrogens with one attached hydrogen (secondary N) is 1. The number of anilines is 2. The summed E-state index contributed by atoms with van der Waals surface area (Å²) in [5.74, 6) is -0.412. The predicted molar refractivity (Wildman–Crippen MR) is 67.3 cm³/mol. The van der Waals surface area contributed by atoms with Crippen LogP contribution in [0.3, 0.4) is 0 Å². The van der Waals surface area contributed by atoms with Crippen molar-refractivity contribution >= 4 is 17.3 Å². The number of hydrogen-bond donors (Lipinski definition) is 2. The van der Waals surface area contributed by atoms with Gasteiger partial charge in [-0.3, -0.25) is 4.79 Å². The topological polar surface area (TPSA) is 61.8 Å². The average Bonchev–Trinajstić information content (AvgIpc) is 2.36. The fraction of sp³-hybridized carbons (Fsp3) is 0.417. The Morgan fingerprint density at radius 1 is 1.41 bits per heavy atom. The van der Waals surface area contributed by atoms with Gasteiger partial charge in [-0.2, -0.15) is 0 Å². The molecule has 0 unspecified atom stereocenters. The monoisotopic (exact) mass is 238 g/mol. The maximum atomic E-state index is 11.0. The standard InChI is InChI=1S/C12H18N2O3/c1-14(7-8-17-2)11-5-3-10(4-6-11)13-12(16)9-15/h3-6,15H,7-9H2,1-2H3,(H,13,16). The highest BCUT2D eigenvalue weighted by molar-refractivity contribution is 5.91. The number of nitrogens with zero attached hydrogens (tertiary/aromatic N) is 1. The highest BCUT2D eigenvalue weighted by atomic mass is 16.5. The van der Waals surface area contributed by atoms with Crippen LogP contribution in [-0.4, -0.2) is 44.9 Å². The fourth-order valence-corrected chi connectivity index (χ4v) is 1.36. The van der Waals surface area contributed by atoms with E-state index in [9.17, 15) is 4.79 Å².